The molecule has 3 unspecified atom stereocenters. The van der Waals surface area contributed by atoms with Gasteiger partial charge in [0.05, 0.1) is 25.0 Å². The lowest BCUT2D eigenvalue weighted by Gasteiger charge is -2.28. The third-order valence-corrected chi connectivity index (χ3v) is 3.89. The molecule has 0 radical (unpaired) electrons. The SMILES string of the molecule is CC(NCCOC1CCCCC1C)c1ccco1. The van der Waals surface area contributed by atoms with E-state index in [-0.39, 0.29) is 6.04 Å². The van der Waals surface area contributed by atoms with Crippen molar-refractivity contribution in [3.63, 3.8) is 0 Å². The molecule has 3 atom stereocenters. The van der Waals surface area contributed by atoms with Crippen LogP contribution in [0.5, 0.6) is 0 Å². The Bertz CT molecular complexity index is 323. The third kappa shape index (κ3) is 3.85. The fourth-order valence-electron chi connectivity index (χ4n) is 2.65. The van der Waals surface area contributed by atoms with E-state index in [1.54, 1.807) is 6.26 Å². The maximum atomic E-state index is 5.97. The highest BCUT2D eigenvalue weighted by molar-refractivity contribution is 5.02. The van der Waals surface area contributed by atoms with Gasteiger partial charge in [0.2, 0.25) is 0 Å². The molecule has 102 valence electrons. The molecule has 1 aromatic rings. The maximum Gasteiger partial charge on any atom is 0.120 e. The van der Waals surface area contributed by atoms with Crippen LogP contribution in [0.4, 0.5) is 0 Å². The first kappa shape index (κ1) is 13.6. The van der Waals surface area contributed by atoms with Gasteiger partial charge < -0.3 is 14.5 Å². The van der Waals surface area contributed by atoms with E-state index in [0.29, 0.717) is 6.10 Å². The molecule has 18 heavy (non-hydrogen) atoms. The summed E-state index contributed by atoms with van der Waals surface area (Å²) in [4.78, 5) is 0. The Morgan fingerprint density at radius 3 is 3.00 bits per heavy atom. The molecule has 1 aliphatic rings. The average Bonchev–Trinajstić information content (AvgIpc) is 2.90. The van der Waals surface area contributed by atoms with Crippen molar-refractivity contribution in [2.45, 2.75) is 51.7 Å². The van der Waals surface area contributed by atoms with Crippen LogP contribution in [-0.2, 0) is 4.74 Å². The van der Waals surface area contributed by atoms with Crippen LogP contribution in [0.2, 0.25) is 0 Å². The van der Waals surface area contributed by atoms with Gasteiger partial charge in [-0.05, 0) is 37.8 Å². The summed E-state index contributed by atoms with van der Waals surface area (Å²) in [5, 5.41) is 3.42. The van der Waals surface area contributed by atoms with E-state index in [1.165, 1.54) is 25.7 Å². The molecule has 1 N–H and O–H groups in total. The Morgan fingerprint density at radius 1 is 1.44 bits per heavy atom. The standard InChI is InChI=1S/C15H25NO2/c1-12-6-3-4-7-14(12)18-11-9-16-13(2)15-8-5-10-17-15/h5,8,10,12-14,16H,3-4,6-7,9,11H2,1-2H3. The predicted molar refractivity (Wildman–Crippen MR) is 72.5 cm³/mol. The van der Waals surface area contributed by atoms with Crippen molar-refractivity contribution in [1.29, 1.82) is 0 Å². The minimum atomic E-state index is 0.257. The Morgan fingerprint density at radius 2 is 2.28 bits per heavy atom. The summed E-state index contributed by atoms with van der Waals surface area (Å²) in [6, 6.07) is 4.18. The summed E-state index contributed by atoms with van der Waals surface area (Å²) in [7, 11) is 0. The summed E-state index contributed by atoms with van der Waals surface area (Å²) >= 11 is 0. The van der Waals surface area contributed by atoms with Crippen LogP contribution in [0, 0.1) is 5.92 Å². The fourth-order valence-corrected chi connectivity index (χ4v) is 2.65. The minimum absolute atomic E-state index is 0.257. The van der Waals surface area contributed by atoms with Crippen LogP contribution in [0.15, 0.2) is 22.8 Å². The first-order valence-corrected chi connectivity index (χ1v) is 7.15. The van der Waals surface area contributed by atoms with E-state index >= 15 is 0 Å². The monoisotopic (exact) mass is 251 g/mol. The van der Waals surface area contributed by atoms with Gasteiger partial charge in [-0.25, -0.2) is 0 Å². The highest BCUT2D eigenvalue weighted by Crippen LogP contribution is 2.26. The molecule has 3 heteroatoms. The average molecular weight is 251 g/mol. The topological polar surface area (TPSA) is 34.4 Å². The van der Waals surface area contributed by atoms with Crippen LogP contribution in [0.3, 0.4) is 0 Å². The van der Waals surface area contributed by atoms with E-state index in [4.69, 9.17) is 9.15 Å². The van der Waals surface area contributed by atoms with Crippen LogP contribution < -0.4 is 5.32 Å². The number of ether oxygens (including phenoxy) is 1. The Labute approximate surface area is 110 Å². The number of hydrogen-bond acceptors (Lipinski definition) is 3. The zero-order chi connectivity index (χ0) is 12.8. The molecule has 1 saturated carbocycles. The van der Waals surface area contributed by atoms with Gasteiger partial charge in [-0.1, -0.05) is 19.8 Å². The smallest absolute Gasteiger partial charge is 0.120 e. The molecule has 3 nitrogen and oxygen atoms in total. The molecule has 1 fully saturated rings. The van der Waals surface area contributed by atoms with Crippen molar-refractivity contribution in [3.05, 3.63) is 24.2 Å². The third-order valence-electron chi connectivity index (χ3n) is 3.89. The van der Waals surface area contributed by atoms with Gasteiger partial charge in [-0.2, -0.15) is 0 Å². The van der Waals surface area contributed by atoms with Crippen molar-refractivity contribution < 1.29 is 9.15 Å². The Kier molecular flexibility index (Phi) is 5.26. The number of furan rings is 1. The van der Waals surface area contributed by atoms with Crippen molar-refractivity contribution in [2.75, 3.05) is 13.2 Å². The lowest BCUT2D eigenvalue weighted by molar-refractivity contribution is -0.00387. The number of nitrogens with one attached hydrogen (secondary N) is 1. The summed E-state index contributed by atoms with van der Waals surface area (Å²) in [5.41, 5.74) is 0. The predicted octanol–water partition coefficient (Wildman–Crippen LogP) is 3.53. The van der Waals surface area contributed by atoms with E-state index in [9.17, 15) is 0 Å². The van der Waals surface area contributed by atoms with E-state index in [2.05, 4.69) is 19.2 Å². The van der Waals surface area contributed by atoms with Gasteiger partial charge in [0.15, 0.2) is 0 Å². The van der Waals surface area contributed by atoms with Crippen molar-refractivity contribution in [2.24, 2.45) is 5.92 Å². The molecular weight excluding hydrogens is 226 g/mol. The largest absolute Gasteiger partial charge is 0.468 e. The van der Waals surface area contributed by atoms with E-state index in [0.717, 1.165) is 24.8 Å². The molecule has 0 spiro atoms. The lowest BCUT2D eigenvalue weighted by Crippen LogP contribution is -2.30. The zero-order valence-corrected chi connectivity index (χ0v) is 11.5. The first-order valence-electron chi connectivity index (χ1n) is 7.15. The quantitative estimate of drug-likeness (QED) is 0.785. The van der Waals surface area contributed by atoms with Gasteiger partial charge in [-0.3, -0.25) is 0 Å². The second-order valence-corrected chi connectivity index (χ2v) is 5.36. The summed E-state index contributed by atoms with van der Waals surface area (Å²) in [6.45, 7) is 6.09. The second-order valence-electron chi connectivity index (χ2n) is 5.36. The van der Waals surface area contributed by atoms with Gasteiger partial charge in [0.25, 0.3) is 0 Å². The van der Waals surface area contributed by atoms with Crippen molar-refractivity contribution in [1.82, 2.24) is 5.32 Å². The normalized spacial score (nSPS) is 26.1. The molecule has 0 aromatic carbocycles. The highest BCUT2D eigenvalue weighted by Gasteiger charge is 2.21. The zero-order valence-electron chi connectivity index (χ0n) is 11.5. The first-order chi connectivity index (χ1) is 8.77. The summed E-state index contributed by atoms with van der Waals surface area (Å²) < 4.78 is 11.3. The lowest BCUT2D eigenvalue weighted by atomic mass is 9.88. The fraction of sp³-hybridized carbons (Fsp3) is 0.733. The highest BCUT2D eigenvalue weighted by atomic mass is 16.5. The second kappa shape index (κ2) is 6.95. The van der Waals surface area contributed by atoms with Gasteiger partial charge in [0.1, 0.15) is 5.76 Å². The van der Waals surface area contributed by atoms with E-state index in [1.807, 2.05) is 12.1 Å². The molecule has 1 aliphatic carbocycles. The number of rotatable bonds is 6. The van der Waals surface area contributed by atoms with Crippen LogP contribution in [0.1, 0.15) is 51.3 Å². The molecule has 0 aliphatic heterocycles. The Balaban J connectivity index is 1.61. The van der Waals surface area contributed by atoms with Crippen molar-refractivity contribution in [3.8, 4) is 0 Å². The molecule has 0 saturated heterocycles. The molecule has 1 aromatic heterocycles. The minimum Gasteiger partial charge on any atom is -0.468 e. The summed E-state index contributed by atoms with van der Waals surface area (Å²) in [5.74, 6) is 1.71. The molecule has 1 heterocycles. The van der Waals surface area contributed by atoms with Gasteiger partial charge in [0, 0.05) is 6.54 Å². The summed E-state index contributed by atoms with van der Waals surface area (Å²) in [6.07, 6.45) is 7.43. The van der Waals surface area contributed by atoms with E-state index < -0.39 is 0 Å². The molecule has 0 amide bonds. The molecular formula is C15H25NO2. The van der Waals surface area contributed by atoms with Crippen molar-refractivity contribution >= 4 is 0 Å². The van der Waals surface area contributed by atoms with Gasteiger partial charge >= 0.3 is 0 Å². The maximum absolute atomic E-state index is 5.97. The van der Waals surface area contributed by atoms with Gasteiger partial charge in [-0.15, -0.1) is 0 Å². The molecule has 2 rings (SSSR count). The van der Waals surface area contributed by atoms with Crippen LogP contribution >= 0.6 is 0 Å². The van der Waals surface area contributed by atoms with Crippen LogP contribution in [0.25, 0.3) is 0 Å². The Hall–Kier alpha value is -0.800. The molecule has 0 bridgehead atoms. The van der Waals surface area contributed by atoms with Crippen LogP contribution in [-0.4, -0.2) is 19.3 Å². The number of hydrogen-bond donors (Lipinski definition) is 1.